The van der Waals surface area contributed by atoms with Crippen LogP contribution in [0.25, 0.3) is 0 Å². The van der Waals surface area contributed by atoms with Crippen LogP contribution in [0, 0.1) is 11.7 Å². The maximum absolute atomic E-state index is 13.1. The second kappa shape index (κ2) is 7.04. The monoisotopic (exact) mass is 298 g/mol. The molecule has 1 heterocycles. The third kappa shape index (κ3) is 3.70. The van der Waals surface area contributed by atoms with Crippen LogP contribution in [0.4, 0.5) is 4.39 Å². The summed E-state index contributed by atoms with van der Waals surface area (Å²) in [4.78, 5) is 14.1. The van der Waals surface area contributed by atoms with E-state index in [-0.39, 0.29) is 10.9 Å². The second-order valence-corrected chi connectivity index (χ2v) is 5.66. The number of carbonyl (C=O) groups is 1. The Hall–Kier alpha value is -1.13. The van der Waals surface area contributed by atoms with Crippen molar-refractivity contribution in [2.75, 3.05) is 26.7 Å². The van der Waals surface area contributed by atoms with Gasteiger partial charge < -0.3 is 10.2 Å². The molecule has 1 saturated heterocycles. The number of halogens is 2. The van der Waals surface area contributed by atoms with Gasteiger partial charge in [0.15, 0.2) is 0 Å². The van der Waals surface area contributed by atoms with Gasteiger partial charge in [0.05, 0.1) is 5.02 Å². The molecule has 1 N–H and O–H groups in total. The first-order valence-corrected chi connectivity index (χ1v) is 7.38. The average molecular weight is 299 g/mol. The summed E-state index contributed by atoms with van der Waals surface area (Å²) in [5.41, 5.74) is 0.463. The summed E-state index contributed by atoms with van der Waals surface area (Å²) in [5.74, 6) is 0.135. The first-order chi connectivity index (χ1) is 9.61. The van der Waals surface area contributed by atoms with Gasteiger partial charge in [-0.1, -0.05) is 11.6 Å². The molecule has 0 atom stereocenters. The zero-order chi connectivity index (χ0) is 14.5. The molecule has 1 fully saturated rings. The Kier molecular flexibility index (Phi) is 5.38. The fourth-order valence-corrected chi connectivity index (χ4v) is 2.77. The lowest BCUT2D eigenvalue weighted by Crippen LogP contribution is -2.39. The number of benzene rings is 1. The van der Waals surface area contributed by atoms with Gasteiger partial charge in [-0.2, -0.15) is 0 Å². The van der Waals surface area contributed by atoms with E-state index in [0.29, 0.717) is 11.5 Å². The van der Waals surface area contributed by atoms with Gasteiger partial charge >= 0.3 is 0 Å². The van der Waals surface area contributed by atoms with Crippen molar-refractivity contribution in [3.8, 4) is 0 Å². The van der Waals surface area contributed by atoms with Crippen molar-refractivity contribution in [2.45, 2.75) is 19.3 Å². The Bertz CT molecular complexity index is 473. The van der Waals surface area contributed by atoms with Crippen LogP contribution >= 0.6 is 11.6 Å². The van der Waals surface area contributed by atoms with Crippen molar-refractivity contribution in [2.24, 2.45) is 5.92 Å². The fourth-order valence-electron chi connectivity index (χ4n) is 2.58. The van der Waals surface area contributed by atoms with E-state index < -0.39 is 5.82 Å². The van der Waals surface area contributed by atoms with E-state index in [4.69, 9.17) is 11.6 Å². The minimum atomic E-state index is -0.492. The highest BCUT2D eigenvalue weighted by atomic mass is 35.5. The summed E-state index contributed by atoms with van der Waals surface area (Å²) in [6.45, 7) is 2.55. The number of amides is 1. The predicted molar refractivity (Wildman–Crippen MR) is 78.6 cm³/mol. The number of rotatable bonds is 4. The molecule has 3 nitrogen and oxygen atoms in total. The number of carbonyl (C=O) groups excluding carboxylic acids is 1. The topological polar surface area (TPSA) is 32.3 Å². The number of hydrogen-bond acceptors (Lipinski definition) is 2. The van der Waals surface area contributed by atoms with Crippen LogP contribution in [0.3, 0.4) is 0 Å². The lowest BCUT2D eigenvalue weighted by molar-refractivity contribution is 0.0687. The molecular weight excluding hydrogens is 279 g/mol. The SMILES string of the molecule is CNCCC1CCN(C(=O)c2ccc(F)c(Cl)c2)CC1. The van der Waals surface area contributed by atoms with Crippen LogP contribution in [0.2, 0.25) is 5.02 Å². The molecule has 0 saturated carbocycles. The highest BCUT2D eigenvalue weighted by Crippen LogP contribution is 2.23. The molecule has 0 aromatic heterocycles. The molecule has 2 rings (SSSR count). The summed E-state index contributed by atoms with van der Waals surface area (Å²) in [6.07, 6.45) is 3.21. The molecule has 0 unspecified atom stereocenters. The Balaban J connectivity index is 1.92. The molecule has 1 aromatic rings. The van der Waals surface area contributed by atoms with Crippen molar-refractivity contribution >= 4 is 17.5 Å². The van der Waals surface area contributed by atoms with Crippen molar-refractivity contribution in [3.63, 3.8) is 0 Å². The molecular formula is C15H20ClFN2O. The third-order valence-corrected chi connectivity index (χ3v) is 4.16. The van der Waals surface area contributed by atoms with Crippen LogP contribution < -0.4 is 5.32 Å². The van der Waals surface area contributed by atoms with Gasteiger partial charge in [0.25, 0.3) is 5.91 Å². The van der Waals surface area contributed by atoms with Gasteiger partial charge in [-0.3, -0.25) is 4.79 Å². The van der Waals surface area contributed by atoms with E-state index in [9.17, 15) is 9.18 Å². The Labute approximate surface area is 124 Å². The molecule has 1 aliphatic heterocycles. The van der Waals surface area contributed by atoms with Gasteiger partial charge in [-0.25, -0.2) is 4.39 Å². The van der Waals surface area contributed by atoms with Crippen LogP contribution in [-0.2, 0) is 0 Å². The number of piperidine rings is 1. The fraction of sp³-hybridized carbons (Fsp3) is 0.533. The number of hydrogen-bond donors (Lipinski definition) is 1. The summed E-state index contributed by atoms with van der Waals surface area (Å²) < 4.78 is 13.1. The molecule has 0 spiro atoms. The van der Waals surface area contributed by atoms with Crippen molar-refractivity contribution in [3.05, 3.63) is 34.6 Å². The highest BCUT2D eigenvalue weighted by molar-refractivity contribution is 6.31. The Morgan fingerprint density at radius 2 is 2.15 bits per heavy atom. The standard InChI is InChI=1S/C15H20ClFN2O/c1-18-7-4-11-5-8-19(9-6-11)15(20)12-2-3-14(17)13(16)10-12/h2-3,10-11,18H,4-9H2,1H3. The van der Waals surface area contributed by atoms with Gasteiger partial charge in [-0.15, -0.1) is 0 Å². The van der Waals surface area contributed by atoms with E-state index >= 15 is 0 Å². The second-order valence-electron chi connectivity index (χ2n) is 5.26. The van der Waals surface area contributed by atoms with Crippen molar-refractivity contribution < 1.29 is 9.18 Å². The maximum atomic E-state index is 13.1. The minimum Gasteiger partial charge on any atom is -0.339 e. The van der Waals surface area contributed by atoms with Crippen molar-refractivity contribution in [1.29, 1.82) is 0 Å². The molecule has 1 aliphatic rings. The van der Waals surface area contributed by atoms with Crippen molar-refractivity contribution in [1.82, 2.24) is 10.2 Å². The molecule has 1 amide bonds. The summed E-state index contributed by atoms with van der Waals surface area (Å²) in [7, 11) is 1.96. The quantitative estimate of drug-likeness (QED) is 0.927. The third-order valence-electron chi connectivity index (χ3n) is 3.87. The number of nitrogens with zero attached hydrogens (tertiary/aromatic N) is 1. The summed E-state index contributed by atoms with van der Waals surface area (Å²) in [6, 6.07) is 4.15. The van der Waals surface area contributed by atoms with Gasteiger partial charge in [0.2, 0.25) is 0 Å². The minimum absolute atomic E-state index is 0.000226. The molecule has 20 heavy (non-hydrogen) atoms. The lowest BCUT2D eigenvalue weighted by Gasteiger charge is -2.32. The first kappa shape index (κ1) is 15.3. The van der Waals surface area contributed by atoms with Gasteiger partial charge in [0, 0.05) is 18.7 Å². The largest absolute Gasteiger partial charge is 0.339 e. The highest BCUT2D eigenvalue weighted by Gasteiger charge is 2.23. The number of nitrogens with one attached hydrogen (secondary N) is 1. The van der Waals surface area contributed by atoms with Crippen LogP contribution in [-0.4, -0.2) is 37.5 Å². The molecule has 0 radical (unpaired) electrons. The van der Waals surface area contributed by atoms with E-state index in [1.807, 2.05) is 11.9 Å². The zero-order valence-electron chi connectivity index (χ0n) is 11.7. The van der Waals surface area contributed by atoms with E-state index in [0.717, 1.165) is 38.9 Å². The van der Waals surface area contributed by atoms with Crippen LogP contribution in [0.1, 0.15) is 29.6 Å². The average Bonchev–Trinajstić information content (AvgIpc) is 2.48. The van der Waals surface area contributed by atoms with Gasteiger partial charge in [-0.05, 0) is 57.0 Å². The summed E-state index contributed by atoms with van der Waals surface area (Å²) in [5, 5.41) is 3.16. The Morgan fingerprint density at radius 3 is 2.75 bits per heavy atom. The molecule has 1 aromatic carbocycles. The first-order valence-electron chi connectivity index (χ1n) is 7.00. The smallest absolute Gasteiger partial charge is 0.253 e. The van der Waals surface area contributed by atoms with E-state index in [1.54, 1.807) is 0 Å². The predicted octanol–water partition coefficient (Wildman–Crippen LogP) is 2.94. The molecule has 0 aliphatic carbocycles. The molecule has 110 valence electrons. The Morgan fingerprint density at radius 1 is 1.45 bits per heavy atom. The van der Waals surface area contributed by atoms with E-state index in [1.165, 1.54) is 18.2 Å². The van der Waals surface area contributed by atoms with E-state index in [2.05, 4.69) is 5.32 Å². The van der Waals surface area contributed by atoms with Crippen LogP contribution in [0.15, 0.2) is 18.2 Å². The van der Waals surface area contributed by atoms with Crippen LogP contribution in [0.5, 0.6) is 0 Å². The normalized spacial score (nSPS) is 16.4. The van der Waals surface area contributed by atoms with Gasteiger partial charge in [0.1, 0.15) is 5.82 Å². The lowest BCUT2D eigenvalue weighted by atomic mass is 9.93. The molecule has 0 bridgehead atoms. The zero-order valence-corrected chi connectivity index (χ0v) is 12.4. The number of likely N-dealkylation sites (tertiary alicyclic amines) is 1. The summed E-state index contributed by atoms with van der Waals surface area (Å²) >= 11 is 5.72. The molecule has 5 heteroatoms. The maximum Gasteiger partial charge on any atom is 0.253 e.